The molecular formula is C8H6BrFO4. The third-order valence-electron chi connectivity index (χ3n) is 1.59. The number of carboxylic acids is 1. The van der Waals surface area contributed by atoms with E-state index < -0.39 is 23.5 Å². The molecule has 1 unspecified atom stereocenters. The van der Waals surface area contributed by atoms with Crippen molar-refractivity contribution in [2.24, 2.45) is 0 Å². The fourth-order valence-corrected chi connectivity index (χ4v) is 1.21. The van der Waals surface area contributed by atoms with Gasteiger partial charge in [-0.2, -0.15) is 0 Å². The van der Waals surface area contributed by atoms with Crippen molar-refractivity contribution in [3.8, 4) is 5.75 Å². The second kappa shape index (κ2) is 3.93. The topological polar surface area (TPSA) is 77.8 Å². The molecule has 0 aliphatic carbocycles. The highest BCUT2D eigenvalue weighted by molar-refractivity contribution is 9.10. The largest absolute Gasteiger partial charge is 0.507 e. The molecule has 1 rings (SSSR count). The number of hydrogen-bond acceptors (Lipinski definition) is 3. The molecule has 3 N–H and O–H groups in total. The molecule has 76 valence electrons. The maximum absolute atomic E-state index is 13.1. The van der Waals surface area contributed by atoms with Gasteiger partial charge in [0.25, 0.3) is 0 Å². The maximum Gasteiger partial charge on any atom is 0.337 e. The number of carboxylic acid groups (broad SMARTS) is 1. The third kappa shape index (κ3) is 2.02. The number of carbonyl (C=O) groups is 1. The number of aromatic hydroxyl groups is 1. The summed E-state index contributed by atoms with van der Waals surface area (Å²) in [6.07, 6.45) is -1.98. The fourth-order valence-electron chi connectivity index (χ4n) is 0.896. The van der Waals surface area contributed by atoms with Crippen LogP contribution >= 0.6 is 15.9 Å². The number of hydrogen-bond donors (Lipinski definition) is 3. The molecular weight excluding hydrogens is 259 g/mol. The Bertz CT molecular complexity index is 380. The van der Waals surface area contributed by atoms with Gasteiger partial charge in [-0.25, -0.2) is 9.18 Å². The van der Waals surface area contributed by atoms with Crippen LogP contribution in [0.15, 0.2) is 16.6 Å². The lowest BCUT2D eigenvalue weighted by Gasteiger charge is -2.08. The van der Waals surface area contributed by atoms with Gasteiger partial charge in [0.05, 0.1) is 4.47 Å². The Morgan fingerprint density at radius 2 is 2.07 bits per heavy atom. The molecule has 0 aromatic heterocycles. The Morgan fingerprint density at radius 1 is 1.50 bits per heavy atom. The highest BCUT2D eigenvalue weighted by Gasteiger charge is 2.21. The van der Waals surface area contributed by atoms with Crippen molar-refractivity contribution >= 4 is 21.9 Å². The first-order valence-corrected chi connectivity index (χ1v) is 4.31. The van der Waals surface area contributed by atoms with Crippen LogP contribution in [0.2, 0.25) is 0 Å². The van der Waals surface area contributed by atoms with Gasteiger partial charge in [0.2, 0.25) is 0 Å². The van der Waals surface area contributed by atoms with E-state index in [0.717, 1.165) is 12.1 Å². The molecule has 4 nitrogen and oxygen atoms in total. The second-order valence-corrected chi connectivity index (χ2v) is 3.42. The smallest absolute Gasteiger partial charge is 0.337 e. The van der Waals surface area contributed by atoms with Gasteiger partial charge < -0.3 is 15.3 Å². The van der Waals surface area contributed by atoms with Crippen LogP contribution < -0.4 is 0 Å². The average Bonchev–Trinajstić information content (AvgIpc) is 2.10. The molecule has 0 heterocycles. The molecule has 0 saturated heterocycles. The highest BCUT2D eigenvalue weighted by Crippen LogP contribution is 2.29. The van der Waals surface area contributed by atoms with E-state index in [0.29, 0.717) is 0 Å². The van der Waals surface area contributed by atoms with Crippen LogP contribution in [0, 0.1) is 5.82 Å². The lowest BCUT2D eigenvalue weighted by molar-refractivity contribution is -0.147. The first-order valence-electron chi connectivity index (χ1n) is 3.52. The van der Waals surface area contributed by atoms with Crippen LogP contribution in [-0.4, -0.2) is 21.3 Å². The minimum Gasteiger partial charge on any atom is -0.507 e. The van der Waals surface area contributed by atoms with Crippen LogP contribution in [0.1, 0.15) is 11.7 Å². The summed E-state index contributed by atoms with van der Waals surface area (Å²) < 4.78 is 13.2. The zero-order chi connectivity index (χ0) is 10.9. The Hall–Kier alpha value is -1.14. The van der Waals surface area contributed by atoms with Crippen LogP contribution in [0.5, 0.6) is 5.75 Å². The van der Waals surface area contributed by atoms with Gasteiger partial charge in [0.15, 0.2) is 6.10 Å². The number of aliphatic carboxylic acids is 1. The predicted molar refractivity (Wildman–Crippen MR) is 48.4 cm³/mol. The van der Waals surface area contributed by atoms with Crippen LogP contribution in [-0.2, 0) is 4.79 Å². The van der Waals surface area contributed by atoms with Crippen molar-refractivity contribution in [3.05, 3.63) is 28.0 Å². The minimum absolute atomic E-state index is 0.0938. The van der Waals surface area contributed by atoms with Gasteiger partial charge in [-0.15, -0.1) is 0 Å². The van der Waals surface area contributed by atoms with Gasteiger partial charge in [0, 0.05) is 5.56 Å². The molecule has 6 heteroatoms. The first-order chi connectivity index (χ1) is 6.43. The van der Waals surface area contributed by atoms with Crippen molar-refractivity contribution < 1.29 is 24.5 Å². The van der Waals surface area contributed by atoms with Crippen molar-refractivity contribution in [2.45, 2.75) is 6.10 Å². The number of phenols is 1. The van der Waals surface area contributed by atoms with E-state index in [1.165, 1.54) is 0 Å². The molecule has 1 aromatic rings. The van der Waals surface area contributed by atoms with Gasteiger partial charge in [-0.3, -0.25) is 0 Å². The lowest BCUT2D eigenvalue weighted by Crippen LogP contribution is -2.12. The lowest BCUT2D eigenvalue weighted by atomic mass is 10.1. The summed E-state index contributed by atoms with van der Waals surface area (Å²) in [5, 5.41) is 26.6. The Kier molecular flexibility index (Phi) is 3.07. The number of rotatable bonds is 2. The van der Waals surface area contributed by atoms with Crippen molar-refractivity contribution in [1.29, 1.82) is 0 Å². The Labute approximate surface area is 86.7 Å². The molecule has 1 atom stereocenters. The van der Waals surface area contributed by atoms with Gasteiger partial charge in [-0.1, -0.05) is 0 Å². The number of phenolic OH excluding ortho intramolecular Hbond substituents is 1. The number of aliphatic hydroxyl groups excluding tert-OH is 1. The quantitative estimate of drug-likeness (QED) is 0.755. The van der Waals surface area contributed by atoms with E-state index in [4.69, 9.17) is 15.3 Å². The Morgan fingerprint density at radius 3 is 2.57 bits per heavy atom. The van der Waals surface area contributed by atoms with Crippen LogP contribution in [0.25, 0.3) is 0 Å². The highest BCUT2D eigenvalue weighted by atomic mass is 79.9. The fraction of sp³-hybridized carbons (Fsp3) is 0.125. The summed E-state index contributed by atoms with van der Waals surface area (Å²) in [4.78, 5) is 10.3. The van der Waals surface area contributed by atoms with Crippen molar-refractivity contribution in [2.75, 3.05) is 0 Å². The zero-order valence-corrected chi connectivity index (χ0v) is 8.32. The molecule has 0 spiro atoms. The summed E-state index contributed by atoms with van der Waals surface area (Å²) in [7, 11) is 0. The maximum atomic E-state index is 13.1. The molecule has 0 fully saturated rings. The number of halogens is 2. The van der Waals surface area contributed by atoms with E-state index in [2.05, 4.69) is 15.9 Å². The second-order valence-electron chi connectivity index (χ2n) is 2.57. The molecule has 0 bridgehead atoms. The Balaban J connectivity index is 3.22. The molecule has 0 amide bonds. The summed E-state index contributed by atoms with van der Waals surface area (Å²) >= 11 is 2.85. The van der Waals surface area contributed by atoms with E-state index in [1.54, 1.807) is 0 Å². The summed E-state index contributed by atoms with van der Waals surface area (Å²) in [5.41, 5.74) is -0.474. The molecule has 0 saturated carbocycles. The molecule has 0 aliphatic heterocycles. The molecule has 0 radical (unpaired) electrons. The van der Waals surface area contributed by atoms with Crippen LogP contribution in [0.3, 0.4) is 0 Å². The SMILES string of the molecule is O=C(O)C(O)c1cc(O)c(Br)cc1F. The number of aliphatic hydroxyl groups is 1. The summed E-state index contributed by atoms with van der Waals surface area (Å²) in [6, 6.07) is 1.75. The van der Waals surface area contributed by atoms with E-state index in [1.807, 2.05) is 0 Å². The normalized spacial score (nSPS) is 12.5. The molecule has 0 aliphatic rings. The van der Waals surface area contributed by atoms with E-state index >= 15 is 0 Å². The number of benzene rings is 1. The first kappa shape index (κ1) is 10.9. The predicted octanol–water partition coefficient (Wildman–Crippen LogP) is 1.41. The van der Waals surface area contributed by atoms with E-state index in [-0.39, 0.29) is 10.2 Å². The summed E-state index contributed by atoms with van der Waals surface area (Å²) in [6.45, 7) is 0. The molecule has 1 aromatic carbocycles. The third-order valence-corrected chi connectivity index (χ3v) is 2.23. The average molecular weight is 265 g/mol. The monoisotopic (exact) mass is 264 g/mol. The van der Waals surface area contributed by atoms with Crippen molar-refractivity contribution in [1.82, 2.24) is 0 Å². The van der Waals surface area contributed by atoms with Gasteiger partial charge >= 0.3 is 5.97 Å². The van der Waals surface area contributed by atoms with Gasteiger partial charge in [0.1, 0.15) is 11.6 Å². The summed E-state index contributed by atoms with van der Waals surface area (Å²) in [5.74, 6) is -2.81. The van der Waals surface area contributed by atoms with E-state index in [9.17, 15) is 9.18 Å². The molecule has 14 heavy (non-hydrogen) atoms. The minimum atomic E-state index is -1.98. The van der Waals surface area contributed by atoms with Gasteiger partial charge in [-0.05, 0) is 28.1 Å². The standard InChI is InChI=1S/C8H6BrFO4/c9-4-2-5(10)3(1-6(4)11)7(12)8(13)14/h1-2,7,11-12H,(H,13,14). The zero-order valence-electron chi connectivity index (χ0n) is 6.74. The van der Waals surface area contributed by atoms with Crippen molar-refractivity contribution in [3.63, 3.8) is 0 Å². The van der Waals surface area contributed by atoms with Crippen LogP contribution in [0.4, 0.5) is 4.39 Å².